The summed E-state index contributed by atoms with van der Waals surface area (Å²) in [7, 11) is 1.58. The number of carbonyl (C=O) groups is 1. The zero-order valence-corrected chi connectivity index (χ0v) is 14.4. The maximum Gasteiger partial charge on any atom is 0.268 e. The van der Waals surface area contributed by atoms with Gasteiger partial charge < -0.3 is 20.0 Å². The lowest BCUT2D eigenvalue weighted by molar-refractivity contribution is -0.125. The van der Waals surface area contributed by atoms with Crippen molar-refractivity contribution in [3.05, 3.63) is 52.5 Å². The molecule has 0 fully saturated rings. The summed E-state index contributed by atoms with van der Waals surface area (Å²) in [5, 5.41) is 16.5. The van der Waals surface area contributed by atoms with Gasteiger partial charge in [0.05, 0.1) is 18.5 Å². The fourth-order valence-electron chi connectivity index (χ4n) is 2.38. The number of carbonyl (C=O) groups excluding carboxylic acids is 1. The van der Waals surface area contributed by atoms with Crippen molar-refractivity contribution in [3.8, 4) is 11.5 Å². The molecule has 0 spiro atoms. The first kappa shape index (κ1) is 16.3. The van der Waals surface area contributed by atoms with Gasteiger partial charge in [0.15, 0.2) is 0 Å². The second-order valence-electron chi connectivity index (χ2n) is 5.19. The summed E-state index contributed by atoms with van der Waals surface area (Å²) in [5.74, 6) is 0.276. The first-order valence-corrected chi connectivity index (χ1v) is 8.03. The fourth-order valence-corrected chi connectivity index (χ4v) is 2.74. The molecule has 2 N–H and O–H groups in total. The van der Waals surface area contributed by atoms with Crippen LogP contribution in [-0.2, 0) is 9.63 Å². The average Bonchev–Trinajstić information content (AvgIpc) is 3.08. The fraction of sp³-hybridized carbons (Fsp3) is 0.176. The molecule has 2 aromatic rings. The molecule has 24 heavy (non-hydrogen) atoms. The van der Waals surface area contributed by atoms with E-state index in [1.54, 1.807) is 19.2 Å². The first-order chi connectivity index (χ1) is 11.6. The Morgan fingerprint density at radius 3 is 2.96 bits per heavy atom. The Balaban J connectivity index is 1.70. The standard InChI is InChI=1S/C17H15BrN2O4/c1-23-15-5-3-2-4-11(15)12-9-16(24-20-12)17(22)19-13-8-10(18)6-7-14(13)21/h2-8,16,21H,9H2,1H3,(H,19,22). The van der Waals surface area contributed by atoms with E-state index in [9.17, 15) is 9.90 Å². The highest BCUT2D eigenvalue weighted by molar-refractivity contribution is 9.10. The summed E-state index contributed by atoms with van der Waals surface area (Å²) in [4.78, 5) is 17.6. The van der Waals surface area contributed by atoms with Crippen LogP contribution in [0.15, 0.2) is 52.1 Å². The van der Waals surface area contributed by atoms with Crippen molar-refractivity contribution in [2.45, 2.75) is 12.5 Å². The summed E-state index contributed by atoms with van der Waals surface area (Å²) in [6.45, 7) is 0. The van der Waals surface area contributed by atoms with Gasteiger partial charge in [-0.2, -0.15) is 0 Å². The molecule has 0 aromatic heterocycles. The number of anilines is 1. The molecule has 2 aromatic carbocycles. The number of amides is 1. The largest absolute Gasteiger partial charge is 0.506 e. The Bertz CT molecular complexity index is 807. The smallest absolute Gasteiger partial charge is 0.268 e. The molecule has 6 nitrogen and oxygen atoms in total. The molecule has 0 radical (unpaired) electrons. The Labute approximate surface area is 147 Å². The molecule has 1 heterocycles. The van der Waals surface area contributed by atoms with Gasteiger partial charge in [0, 0.05) is 16.5 Å². The predicted molar refractivity (Wildman–Crippen MR) is 93.5 cm³/mol. The molecule has 7 heteroatoms. The first-order valence-electron chi connectivity index (χ1n) is 7.24. The molecule has 0 aliphatic carbocycles. The van der Waals surface area contributed by atoms with Gasteiger partial charge in [-0.25, -0.2) is 0 Å². The van der Waals surface area contributed by atoms with Gasteiger partial charge in [-0.1, -0.05) is 33.2 Å². The van der Waals surface area contributed by atoms with Crippen LogP contribution in [0.3, 0.4) is 0 Å². The Morgan fingerprint density at radius 2 is 2.17 bits per heavy atom. The Kier molecular flexibility index (Phi) is 4.71. The number of oxime groups is 1. The molecule has 1 atom stereocenters. The highest BCUT2D eigenvalue weighted by Crippen LogP contribution is 2.29. The number of nitrogens with zero attached hydrogens (tertiary/aromatic N) is 1. The summed E-state index contributed by atoms with van der Waals surface area (Å²) >= 11 is 3.30. The van der Waals surface area contributed by atoms with Crippen LogP contribution >= 0.6 is 15.9 Å². The van der Waals surface area contributed by atoms with Crippen LogP contribution < -0.4 is 10.1 Å². The molecule has 3 rings (SSSR count). The number of methoxy groups -OCH3 is 1. The van der Waals surface area contributed by atoms with E-state index >= 15 is 0 Å². The van der Waals surface area contributed by atoms with Crippen molar-refractivity contribution in [2.24, 2.45) is 5.16 Å². The number of nitrogens with one attached hydrogen (secondary N) is 1. The average molecular weight is 391 g/mol. The normalized spacial score (nSPS) is 16.2. The van der Waals surface area contributed by atoms with E-state index in [4.69, 9.17) is 9.57 Å². The lowest BCUT2D eigenvalue weighted by Gasteiger charge is -2.11. The van der Waals surface area contributed by atoms with E-state index in [0.29, 0.717) is 23.6 Å². The van der Waals surface area contributed by atoms with Crippen LogP contribution in [0.25, 0.3) is 0 Å². The summed E-state index contributed by atoms with van der Waals surface area (Å²) in [5.41, 5.74) is 1.75. The highest BCUT2D eigenvalue weighted by Gasteiger charge is 2.30. The van der Waals surface area contributed by atoms with E-state index in [1.165, 1.54) is 6.07 Å². The van der Waals surface area contributed by atoms with Crippen LogP contribution in [0.1, 0.15) is 12.0 Å². The van der Waals surface area contributed by atoms with Crippen molar-refractivity contribution in [1.82, 2.24) is 0 Å². The lowest BCUT2D eigenvalue weighted by atomic mass is 10.0. The topological polar surface area (TPSA) is 80.2 Å². The number of halogens is 1. The van der Waals surface area contributed by atoms with Crippen LogP contribution in [0, 0.1) is 0 Å². The van der Waals surface area contributed by atoms with E-state index < -0.39 is 6.10 Å². The van der Waals surface area contributed by atoms with Gasteiger partial charge in [0.1, 0.15) is 11.5 Å². The minimum absolute atomic E-state index is 0.0181. The quantitative estimate of drug-likeness (QED) is 0.784. The van der Waals surface area contributed by atoms with Gasteiger partial charge in [-0.05, 0) is 30.3 Å². The molecular formula is C17H15BrN2O4. The molecule has 1 unspecified atom stereocenters. The molecule has 1 amide bonds. The zero-order valence-electron chi connectivity index (χ0n) is 12.8. The van der Waals surface area contributed by atoms with Crippen LogP contribution in [0.2, 0.25) is 0 Å². The zero-order chi connectivity index (χ0) is 17.1. The third kappa shape index (κ3) is 3.35. The SMILES string of the molecule is COc1ccccc1C1=NOC(C(=O)Nc2cc(Br)ccc2O)C1. The number of phenols is 1. The van der Waals surface area contributed by atoms with E-state index in [1.807, 2.05) is 24.3 Å². The van der Waals surface area contributed by atoms with Gasteiger partial charge in [0.25, 0.3) is 5.91 Å². The van der Waals surface area contributed by atoms with E-state index in [0.717, 1.165) is 10.0 Å². The molecule has 0 bridgehead atoms. The predicted octanol–water partition coefficient (Wildman–Crippen LogP) is 3.30. The maximum atomic E-state index is 12.3. The monoisotopic (exact) mass is 390 g/mol. The molecule has 124 valence electrons. The van der Waals surface area contributed by atoms with Gasteiger partial charge in [-0.15, -0.1) is 0 Å². The second kappa shape index (κ2) is 6.92. The molecule has 0 saturated heterocycles. The van der Waals surface area contributed by atoms with Crippen molar-refractivity contribution >= 4 is 33.2 Å². The van der Waals surface area contributed by atoms with Crippen molar-refractivity contribution < 1.29 is 19.5 Å². The summed E-state index contributed by atoms with van der Waals surface area (Å²) in [6.07, 6.45) is -0.440. The number of hydrogen-bond acceptors (Lipinski definition) is 5. The highest BCUT2D eigenvalue weighted by atomic mass is 79.9. The number of rotatable bonds is 4. The number of aromatic hydroxyl groups is 1. The molecular weight excluding hydrogens is 376 g/mol. The van der Waals surface area contributed by atoms with Crippen molar-refractivity contribution in [3.63, 3.8) is 0 Å². The van der Waals surface area contributed by atoms with Crippen LogP contribution in [0.4, 0.5) is 5.69 Å². The van der Waals surface area contributed by atoms with Crippen molar-refractivity contribution in [2.75, 3.05) is 12.4 Å². The Hall–Kier alpha value is -2.54. The number of benzene rings is 2. The minimum atomic E-state index is -0.761. The van der Waals surface area contributed by atoms with Gasteiger partial charge >= 0.3 is 0 Å². The Morgan fingerprint density at radius 1 is 1.38 bits per heavy atom. The van der Waals surface area contributed by atoms with Crippen LogP contribution in [0.5, 0.6) is 11.5 Å². The minimum Gasteiger partial charge on any atom is -0.506 e. The summed E-state index contributed by atoms with van der Waals surface area (Å²) < 4.78 is 6.05. The van der Waals surface area contributed by atoms with Gasteiger partial charge in [-0.3, -0.25) is 4.79 Å². The lowest BCUT2D eigenvalue weighted by Crippen LogP contribution is -2.28. The second-order valence-corrected chi connectivity index (χ2v) is 6.10. The number of phenolic OH excluding ortho intramolecular Hbond substituents is 1. The third-order valence-electron chi connectivity index (χ3n) is 3.60. The van der Waals surface area contributed by atoms with Crippen LogP contribution in [-0.4, -0.2) is 29.9 Å². The maximum absolute atomic E-state index is 12.3. The third-order valence-corrected chi connectivity index (χ3v) is 4.09. The van der Waals surface area contributed by atoms with E-state index in [2.05, 4.69) is 26.4 Å². The molecule has 1 aliphatic rings. The molecule has 0 saturated carbocycles. The number of ether oxygens (including phenoxy) is 1. The number of hydrogen-bond donors (Lipinski definition) is 2. The summed E-state index contributed by atoms with van der Waals surface area (Å²) in [6, 6.07) is 12.2. The number of para-hydroxylation sites is 1. The molecule has 1 aliphatic heterocycles. The van der Waals surface area contributed by atoms with E-state index in [-0.39, 0.29) is 11.7 Å². The van der Waals surface area contributed by atoms with Crippen molar-refractivity contribution in [1.29, 1.82) is 0 Å². The van der Waals surface area contributed by atoms with Gasteiger partial charge in [0.2, 0.25) is 6.10 Å².